The van der Waals surface area contributed by atoms with Gasteiger partial charge in [0.2, 0.25) is 0 Å². The lowest BCUT2D eigenvalue weighted by molar-refractivity contribution is -0.140. The lowest BCUT2D eigenvalue weighted by atomic mass is 10.2. The number of carbonyl (C=O) groups excluding carboxylic acids is 1. The summed E-state index contributed by atoms with van der Waals surface area (Å²) in [6.07, 6.45) is -4.08. The molecule has 0 saturated heterocycles. The highest BCUT2D eigenvalue weighted by Gasteiger charge is 2.51. The van der Waals surface area contributed by atoms with Crippen molar-refractivity contribution in [2.24, 2.45) is 0 Å². The van der Waals surface area contributed by atoms with Crippen LogP contribution in [0.15, 0.2) is 18.2 Å². The minimum atomic E-state index is -4.65. The monoisotopic (exact) mass is 322 g/mol. The van der Waals surface area contributed by atoms with Crippen molar-refractivity contribution in [1.82, 2.24) is 5.32 Å². The average Bonchev–Trinajstić information content (AvgIpc) is 3.11. The van der Waals surface area contributed by atoms with Crippen LogP contribution in [0.2, 0.25) is 5.02 Å². The predicted molar refractivity (Wildman–Crippen MR) is 68.2 cm³/mol. The van der Waals surface area contributed by atoms with Crippen LogP contribution in [0.3, 0.4) is 0 Å². The molecular weight excluding hydrogens is 313 g/mol. The third-order valence-electron chi connectivity index (χ3n) is 3.04. The van der Waals surface area contributed by atoms with E-state index in [0.29, 0.717) is 6.07 Å². The van der Waals surface area contributed by atoms with E-state index < -0.39 is 34.3 Å². The fraction of sp³-hybridized carbons (Fsp3) is 0.333. The molecule has 5 nitrogen and oxygen atoms in total. The van der Waals surface area contributed by atoms with Gasteiger partial charge in [-0.2, -0.15) is 13.2 Å². The maximum Gasteiger partial charge on any atom is 0.417 e. The minimum Gasteiger partial charge on any atom is -0.480 e. The van der Waals surface area contributed by atoms with Gasteiger partial charge >= 0.3 is 18.2 Å². The fourth-order valence-electron chi connectivity index (χ4n) is 1.72. The number of rotatable bonds is 3. The van der Waals surface area contributed by atoms with Gasteiger partial charge in [-0.15, -0.1) is 0 Å². The Morgan fingerprint density at radius 1 is 1.29 bits per heavy atom. The smallest absolute Gasteiger partial charge is 0.417 e. The Bertz CT molecular complexity index is 600. The van der Waals surface area contributed by atoms with E-state index in [1.165, 1.54) is 6.07 Å². The molecule has 1 aromatic carbocycles. The summed E-state index contributed by atoms with van der Waals surface area (Å²) in [7, 11) is 0. The Morgan fingerprint density at radius 2 is 1.90 bits per heavy atom. The molecule has 0 atom stereocenters. The Morgan fingerprint density at radius 3 is 2.38 bits per heavy atom. The quantitative estimate of drug-likeness (QED) is 0.800. The van der Waals surface area contributed by atoms with Crippen LogP contribution in [0.4, 0.5) is 23.7 Å². The normalized spacial score (nSPS) is 16.2. The summed E-state index contributed by atoms with van der Waals surface area (Å²) in [5, 5.41) is 12.8. The Labute approximate surface area is 122 Å². The lowest BCUT2D eigenvalue weighted by Crippen LogP contribution is -2.45. The molecule has 0 unspecified atom stereocenters. The molecule has 0 radical (unpaired) electrons. The highest BCUT2D eigenvalue weighted by molar-refractivity contribution is 6.31. The van der Waals surface area contributed by atoms with Crippen LogP contribution in [0, 0.1) is 0 Å². The maximum atomic E-state index is 12.7. The molecule has 3 N–H and O–H groups in total. The molecule has 1 aliphatic rings. The first-order valence-corrected chi connectivity index (χ1v) is 6.21. The van der Waals surface area contributed by atoms with Gasteiger partial charge in [0.05, 0.1) is 10.6 Å². The van der Waals surface area contributed by atoms with Crippen LogP contribution in [0.5, 0.6) is 0 Å². The Hall–Kier alpha value is -1.96. The topological polar surface area (TPSA) is 78.4 Å². The number of aliphatic carboxylic acids is 1. The van der Waals surface area contributed by atoms with Crippen LogP contribution >= 0.6 is 11.6 Å². The van der Waals surface area contributed by atoms with Crippen LogP contribution in [0.25, 0.3) is 0 Å². The number of carbonyl (C=O) groups is 2. The molecule has 114 valence electrons. The summed E-state index contributed by atoms with van der Waals surface area (Å²) >= 11 is 5.45. The zero-order valence-corrected chi connectivity index (χ0v) is 11.2. The SMILES string of the molecule is O=C(Nc1ccc(Cl)c(C(F)(F)F)c1)NC1(C(=O)O)CC1. The van der Waals surface area contributed by atoms with E-state index in [4.69, 9.17) is 16.7 Å². The van der Waals surface area contributed by atoms with Gasteiger partial charge in [-0.1, -0.05) is 11.6 Å². The first kappa shape index (κ1) is 15.4. The van der Waals surface area contributed by atoms with Crippen molar-refractivity contribution in [3.05, 3.63) is 28.8 Å². The van der Waals surface area contributed by atoms with Crippen LogP contribution in [-0.2, 0) is 11.0 Å². The number of nitrogens with one attached hydrogen (secondary N) is 2. The van der Waals surface area contributed by atoms with Gasteiger partial charge in [-0.05, 0) is 31.0 Å². The summed E-state index contributed by atoms with van der Waals surface area (Å²) in [6, 6.07) is 1.99. The van der Waals surface area contributed by atoms with Crippen molar-refractivity contribution < 1.29 is 27.9 Å². The first-order chi connectivity index (χ1) is 9.64. The number of amides is 2. The molecule has 21 heavy (non-hydrogen) atoms. The molecular formula is C12H10ClF3N2O3. The van der Waals surface area contributed by atoms with E-state index in [-0.39, 0.29) is 18.5 Å². The van der Waals surface area contributed by atoms with E-state index in [1.54, 1.807) is 0 Å². The average molecular weight is 323 g/mol. The zero-order chi connectivity index (χ0) is 15.8. The van der Waals surface area contributed by atoms with Crippen molar-refractivity contribution in [1.29, 1.82) is 0 Å². The zero-order valence-electron chi connectivity index (χ0n) is 10.4. The molecule has 0 aromatic heterocycles. The number of anilines is 1. The van der Waals surface area contributed by atoms with Gasteiger partial charge in [-0.25, -0.2) is 9.59 Å². The van der Waals surface area contributed by atoms with E-state index in [9.17, 15) is 22.8 Å². The van der Waals surface area contributed by atoms with E-state index in [0.717, 1.165) is 6.07 Å². The number of carboxylic acid groups (broad SMARTS) is 1. The van der Waals surface area contributed by atoms with Crippen LogP contribution in [0.1, 0.15) is 18.4 Å². The second kappa shape index (κ2) is 5.10. The highest BCUT2D eigenvalue weighted by atomic mass is 35.5. The van der Waals surface area contributed by atoms with E-state index in [1.807, 2.05) is 0 Å². The minimum absolute atomic E-state index is 0.134. The molecule has 0 heterocycles. The molecule has 1 aromatic rings. The molecule has 2 amide bonds. The predicted octanol–water partition coefficient (Wildman–Crippen LogP) is 3.10. The summed E-state index contributed by atoms with van der Waals surface area (Å²) in [5.41, 5.74) is -2.53. The van der Waals surface area contributed by atoms with E-state index >= 15 is 0 Å². The van der Waals surface area contributed by atoms with Crippen molar-refractivity contribution >= 4 is 29.3 Å². The molecule has 0 aliphatic heterocycles. The molecule has 1 aliphatic carbocycles. The Kier molecular flexibility index (Phi) is 3.75. The third kappa shape index (κ3) is 3.38. The largest absolute Gasteiger partial charge is 0.480 e. The standard InChI is InChI=1S/C12H10ClF3N2O3/c13-8-2-1-6(5-7(8)12(14,15)16)17-10(21)18-11(3-4-11)9(19)20/h1-2,5H,3-4H2,(H,19,20)(H2,17,18,21). The van der Waals surface area contributed by atoms with Crippen molar-refractivity contribution in [3.63, 3.8) is 0 Å². The molecule has 2 rings (SSSR count). The number of halogens is 4. The van der Waals surface area contributed by atoms with Crippen molar-refractivity contribution in [2.45, 2.75) is 24.6 Å². The van der Waals surface area contributed by atoms with Crippen LogP contribution in [-0.4, -0.2) is 22.6 Å². The molecule has 0 bridgehead atoms. The number of hydrogen-bond acceptors (Lipinski definition) is 2. The second-order valence-electron chi connectivity index (χ2n) is 4.66. The lowest BCUT2D eigenvalue weighted by Gasteiger charge is -2.15. The van der Waals surface area contributed by atoms with Gasteiger partial charge in [-0.3, -0.25) is 0 Å². The van der Waals surface area contributed by atoms with Gasteiger partial charge in [0, 0.05) is 5.69 Å². The van der Waals surface area contributed by atoms with Gasteiger partial charge in [0.15, 0.2) is 0 Å². The van der Waals surface area contributed by atoms with Crippen LogP contribution < -0.4 is 10.6 Å². The molecule has 0 spiro atoms. The number of carboxylic acids is 1. The molecule has 9 heteroatoms. The molecule has 1 fully saturated rings. The summed E-state index contributed by atoms with van der Waals surface area (Å²) < 4.78 is 38.0. The highest BCUT2D eigenvalue weighted by Crippen LogP contribution is 2.37. The number of alkyl halides is 3. The van der Waals surface area contributed by atoms with Gasteiger partial charge in [0.25, 0.3) is 0 Å². The summed E-state index contributed by atoms with van der Waals surface area (Å²) in [4.78, 5) is 22.5. The number of benzene rings is 1. The fourth-order valence-corrected chi connectivity index (χ4v) is 1.94. The van der Waals surface area contributed by atoms with Crippen molar-refractivity contribution in [2.75, 3.05) is 5.32 Å². The summed E-state index contributed by atoms with van der Waals surface area (Å²) in [6.45, 7) is 0. The number of hydrogen-bond donors (Lipinski definition) is 3. The van der Waals surface area contributed by atoms with E-state index in [2.05, 4.69) is 10.6 Å². The summed E-state index contributed by atoms with van der Waals surface area (Å²) in [5.74, 6) is -1.18. The number of urea groups is 1. The first-order valence-electron chi connectivity index (χ1n) is 5.83. The van der Waals surface area contributed by atoms with Gasteiger partial charge < -0.3 is 15.7 Å². The molecule has 1 saturated carbocycles. The maximum absolute atomic E-state index is 12.7. The second-order valence-corrected chi connectivity index (χ2v) is 5.07. The van der Waals surface area contributed by atoms with Gasteiger partial charge in [0.1, 0.15) is 5.54 Å². The third-order valence-corrected chi connectivity index (χ3v) is 3.37. The van der Waals surface area contributed by atoms with Crippen molar-refractivity contribution in [3.8, 4) is 0 Å². The Balaban J connectivity index is 2.10.